The lowest BCUT2D eigenvalue weighted by Crippen LogP contribution is -2.29. The van der Waals surface area contributed by atoms with Crippen molar-refractivity contribution in [1.29, 1.82) is 0 Å². The first-order valence-corrected chi connectivity index (χ1v) is 5.61. The lowest BCUT2D eigenvalue weighted by Gasteiger charge is -2.05. The third-order valence-corrected chi connectivity index (χ3v) is 2.48. The zero-order chi connectivity index (χ0) is 13.0. The van der Waals surface area contributed by atoms with Crippen LogP contribution in [-0.2, 0) is 0 Å². The maximum atomic E-state index is 11.8. The molecule has 1 aromatic heterocycles. The highest BCUT2D eigenvalue weighted by atomic mass is 16.1. The molecular weight excluding hydrogens is 230 g/mol. The Balaban J connectivity index is 2.27. The van der Waals surface area contributed by atoms with Crippen LogP contribution in [0.5, 0.6) is 0 Å². The van der Waals surface area contributed by atoms with Gasteiger partial charge in [-0.1, -0.05) is 18.2 Å². The van der Waals surface area contributed by atoms with Gasteiger partial charge >= 0.3 is 0 Å². The second-order valence-electron chi connectivity index (χ2n) is 3.74. The Morgan fingerprint density at radius 2 is 2.06 bits per heavy atom. The minimum Gasteiger partial charge on any atom is -0.383 e. The highest BCUT2D eigenvalue weighted by Crippen LogP contribution is 2.16. The molecule has 0 aliphatic rings. The number of nitrogen functional groups attached to an aromatic ring is 1. The number of aromatic nitrogens is 2. The molecule has 0 aliphatic heterocycles. The van der Waals surface area contributed by atoms with Crippen LogP contribution in [0.1, 0.15) is 10.4 Å². The number of nitrogens with zero attached hydrogens (tertiary/aromatic N) is 2. The van der Waals surface area contributed by atoms with Crippen LogP contribution in [0.3, 0.4) is 0 Å². The van der Waals surface area contributed by atoms with E-state index in [0.717, 1.165) is 5.69 Å². The van der Waals surface area contributed by atoms with Crippen molar-refractivity contribution in [2.45, 2.75) is 0 Å². The number of rotatable bonds is 4. The number of benzene rings is 1. The van der Waals surface area contributed by atoms with Gasteiger partial charge in [0.05, 0.1) is 11.9 Å². The van der Waals surface area contributed by atoms with E-state index in [-0.39, 0.29) is 5.91 Å². The number of carbonyl (C=O) groups is 1. The molecule has 5 N–H and O–H groups in total. The monoisotopic (exact) mass is 245 g/mol. The van der Waals surface area contributed by atoms with Crippen molar-refractivity contribution in [2.75, 3.05) is 18.8 Å². The van der Waals surface area contributed by atoms with Gasteiger partial charge < -0.3 is 16.8 Å². The maximum Gasteiger partial charge on any atom is 0.256 e. The normalized spacial score (nSPS) is 10.3. The second kappa shape index (κ2) is 5.33. The fourth-order valence-electron chi connectivity index (χ4n) is 1.59. The number of nitrogens with two attached hydrogens (primary N) is 2. The summed E-state index contributed by atoms with van der Waals surface area (Å²) in [5.74, 6) is 0.0517. The van der Waals surface area contributed by atoms with E-state index >= 15 is 0 Å². The second-order valence-corrected chi connectivity index (χ2v) is 3.74. The Labute approximate surface area is 105 Å². The predicted octanol–water partition coefficient (Wildman–Crippen LogP) is 0.143. The summed E-state index contributed by atoms with van der Waals surface area (Å²) >= 11 is 0. The van der Waals surface area contributed by atoms with E-state index in [1.165, 1.54) is 10.9 Å². The number of hydrogen-bond acceptors (Lipinski definition) is 4. The van der Waals surface area contributed by atoms with Crippen molar-refractivity contribution >= 4 is 11.7 Å². The van der Waals surface area contributed by atoms with E-state index in [2.05, 4.69) is 10.4 Å². The molecule has 0 fully saturated rings. The minimum absolute atomic E-state index is 0.264. The zero-order valence-electron chi connectivity index (χ0n) is 9.84. The SMILES string of the molecule is NCCNC(=O)c1cnn(-c2ccccc2)c1N. The topological polar surface area (TPSA) is 99.0 Å². The lowest BCUT2D eigenvalue weighted by atomic mass is 10.3. The molecule has 0 saturated heterocycles. The molecule has 1 aromatic carbocycles. The molecule has 0 spiro atoms. The van der Waals surface area contributed by atoms with Crippen LogP contribution < -0.4 is 16.8 Å². The van der Waals surface area contributed by atoms with Crippen LogP contribution in [0, 0.1) is 0 Å². The van der Waals surface area contributed by atoms with Crippen LogP contribution in [0.25, 0.3) is 5.69 Å². The summed E-state index contributed by atoms with van der Waals surface area (Å²) in [6.07, 6.45) is 1.45. The average molecular weight is 245 g/mol. The standard InChI is InChI=1S/C12H15N5O/c13-6-7-15-12(18)10-8-16-17(11(10)14)9-4-2-1-3-5-9/h1-5,8H,6-7,13-14H2,(H,15,18). The molecule has 0 aliphatic carbocycles. The molecule has 0 radical (unpaired) electrons. The van der Waals surface area contributed by atoms with E-state index in [0.29, 0.717) is 24.5 Å². The lowest BCUT2D eigenvalue weighted by molar-refractivity contribution is 0.0955. The Morgan fingerprint density at radius 1 is 1.33 bits per heavy atom. The van der Waals surface area contributed by atoms with Gasteiger partial charge in [-0.05, 0) is 12.1 Å². The molecule has 0 unspecified atom stereocenters. The van der Waals surface area contributed by atoms with Crippen LogP contribution in [0.2, 0.25) is 0 Å². The molecule has 94 valence electrons. The van der Waals surface area contributed by atoms with Crippen LogP contribution in [0.15, 0.2) is 36.5 Å². The van der Waals surface area contributed by atoms with Crippen LogP contribution in [-0.4, -0.2) is 28.8 Å². The van der Waals surface area contributed by atoms with Crippen molar-refractivity contribution in [1.82, 2.24) is 15.1 Å². The number of amides is 1. The Hall–Kier alpha value is -2.34. The molecule has 0 bridgehead atoms. The van der Waals surface area contributed by atoms with Gasteiger partial charge in [0.15, 0.2) is 0 Å². The minimum atomic E-state index is -0.264. The van der Waals surface area contributed by atoms with E-state index in [1.54, 1.807) is 0 Å². The van der Waals surface area contributed by atoms with Gasteiger partial charge in [0, 0.05) is 13.1 Å². The highest BCUT2D eigenvalue weighted by molar-refractivity contribution is 5.98. The van der Waals surface area contributed by atoms with Gasteiger partial charge in [-0.15, -0.1) is 0 Å². The third kappa shape index (κ3) is 2.33. The van der Waals surface area contributed by atoms with E-state index < -0.39 is 0 Å². The largest absolute Gasteiger partial charge is 0.383 e. The quantitative estimate of drug-likeness (QED) is 0.713. The maximum absolute atomic E-state index is 11.8. The predicted molar refractivity (Wildman–Crippen MR) is 69.4 cm³/mol. The summed E-state index contributed by atoms with van der Waals surface area (Å²) in [5.41, 5.74) is 12.4. The van der Waals surface area contributed by atoms with Crippen molar-refractivity contribution in [3.8, 4) is 5.69 Å². The van der Waals surface area contributed by atoms with Crippen molar-refractivity contribution < 1.29 is 4.79 Å². The fourth-order valence-corrected chi connectivity index (χ4v) is 1.59. The Bertz CT molecular complexity index is 535. The molecule has 1 heterocycles. The number of hydrogen-bond donors (Lipinski definition) is 3. The number of carbonyl (C=O) groups excluding carboxylic acids is 1. The van der Waals surface area contributed by atoms with E-state index in [4.69, 9.17) is 11.5 Å². The van der Waals surface area contributed by atoms with Crippen LogP contribution in [0.4, 0.5) is 5.82 Å². The summed E-state index contributed by atoms with van der Waals surface area (Å²) in [4.78, 5) is 11.8. The summed E-state index contributed by atoms with van der Waals surface area (Å²) < 4.78 is 1.53. The van der Waals surface area contributed by atoms with Gasteiger partial charge in [0.1, 0.15) is 11.4 Å². The van der Waals surface area contributed by atoms with Crippen molar-refractivity contribution in [2.24, 2.45) is 5.73 Å². The van der Waals surface area contributed by atoms with Gasteiger partial charge in [0.2, 0.25) is 0 Å². The van der Waals surface area contributed by atoms with Gasteiger partial charge in [-0.2, -0.15) is 5.10 Å². The van der Waals surface area contributed by atoms with Crippen molar-refractivity contribution in [3.63, 3.8) is 0 Å². The number of anilines is 1. The molecule has 6 heteroatoms. The smallest absolute Gasteiger partial charge is 0.256 e. The Kier molecular flexibility index (Phi) is 3.59. The van der Waals surface area contributed by atoms with Crippen LogP contribution >= 0.6 is 0 Å². The number of nitrogens with one attached hydrogen (secondary N) is 1. The molecule has 1 amide bonds. The summed E-state index contributed by atoms with van der Waals surface area (Å²) in [5, 5.41) is 6.77. The van der Waals surface area contributed by atoms with Crippen molar-refractivity contribution in [3.05, 3.63) is 42.1 Å². The summed E-state index contributed by atoms with van der Waals surface area (Å²) in [6, 6.07) is 9.39. The van der Waals surface area contributed by atoms with Gasteiger partial charge in [-0.25, -0.2) is 4.68 Å². The first kappa shape index (κ1) is 12.1. The van der Waals surface area contributed by atoms with E-state index in [1.807, 2.05) is 30.3 Å². The molecule has 0 saturated carbocycles. The molecule has 2 rings (SSSR count). The highest BCUT2D eigenvalue weighted by Gasteiger charge is 2.15. The van der Waals surface area contributed by atoms with Gasteiger partial charge in [-0.3, -0.25) is 4.79 Å². The molecule has 18 heavy (non-hydrogen) atoms. The van der Waals surface area contributed by atoms with Gasteiger partial charge in [0.25, 0.3) is 5.91 Å². The molecule has 2 aromatic rings. The Morgan fingerprint density at radius 3 is 2.72 bits per heavy atom. The van der Waals surface area contributed by atoms with E-state index in [9.17, 15) is 4.79 Å². The number of para-hydroxylation sites is 1. The third-order valence-electron chi connectivity index (χ3n) is 2.48. The first-order chi connectivity index (χ1) is 8.74. The molecular formula is C12H15N5O. The summed E-state index contributed by atoms with van der Waals surface area (Å²) in [6.45, 7) is 0.799. The zero-order valence-corrected chi connectivity index (χ0v) is 9.84. The summed E-state index contributed by atoms with van der Waals surface area (Å²) in [7, 11) is 0. The molecule has 6 nitrogen and oxygen atoms in total. The first-order valence-electron chi connectivity index (χ1n) is 5.61. The fraction of sp³-hybridized carbons (Fsp3) is 0.167. The molecule has 0 atom stereocenters. The average Bonchev–Trinajstić information content (AvgIpc) is 2.79.